The number of β-amino-alcohol motifs (C(OH)–C–C–N with tert-alkyl or cyclic N) is 1. The maximum atomic E-state index is 9.41. The molecule has 3 rings (SSSR count). The number of hydrogen-bond donors (Lipinski definition) is 1. The van der Waals surface area contributed by atoms with Crippen LogP contribution in [0.4, 0.5) is 0 Å². The molecule has 1 saturated heterocycles. The van der Waals surface area contributed by atoms with Crippen molar-refractivity contribution in [3.63, 3.8) is 0 Å². The van der Waals surface area contributed by atoms with Crippen LogP contribution in [0.1, 0.15) is 36.1 Å². The van der Waals surface area contributed by atoms with Crippen molar-refractivity contribution in [2.75, 3.05) is 13.2 Å². The Labute approximate surface area is 120 Å². The maximum absolute atomic E-state index is 9.41. The van der Waals surface area contributed by atoms with E-state index in [4.69, 9.17) is 0 Å². The topological polar surface area (TPSA) is 23.5 Å². The molecule has 2 nitrogen and oxygen atoms in total. The summed E-state index contributed by atoms with van der Waals surface area (Å²) in [4.78, 5) is 2.45. The molecule has 0 aliphatic carbocycles. The van der Waals surface area contributed by atoms with Gasteiger partial charge >= 0.3 is 0 Å². The van der Waals surface area contributed by atoms with Gasteiger partial charge in [-0.2, -0.15) is 0 Å². The second-order valence-corrected chi connectivity index (χ2v) is 5.39. The number of aliphatic hydroxyl groups excluding tert-OH is 1. The van der Waals surface area contributed by atoms with Crippen molar-refractivity contribution in [3.05, 3.63) is 71.8 Å². The quantitative estimate of drug-likeness (QED) is 0.915. The third-order valence-electron chi connectivity index (χ3n) is 4.24. The Hall–Kier alpha value is -1.64. The summed E-state index contributed by atoms with van der Waals surface area (Å²) in [5.74, 6) is 0. The van der Waals surface area contributed by atoms with Gasteiger partial charge in [-0.25, -0.2) is 0 Å². The SMILES string of the molecule is OCCN1[C@H](c2ccccc2)CC[C@H]1c1ccccc1. The lowest BCUT2D eigenvalue weighted by atomic mass is 10.0. The van der Waals surface area contributed by atoms with Crippen molar-refractivity contribution in [1.29, 1.82) is 0 Å². The van der Waals surface area contributed by atoms with Gasteiger partial charge in [0.1, 0.15) is 0 Å². The van der Waals surface area contributed by atoms with Crippen LogP contribution in [0.3, 0.4) is 0 Å². The highest BCUT2D eigenvalue weighted by atomic mass is 16.3. The summed E-state index contributed by atoms with van der Waals surface area (Å²) < 4.78 is 0. The standard InChI is InChI=1S/C18H21NO/c20-14-13-19-17(15-7-3-1-4-8-15)11-12-18(19)16-9-5-2-6-10-16/h1-10,17-18,20H,11-14H2/t17-,18-/m0/s1. The summed E-state index contributed by atoms with van der Waals surface area (Å²) in [7, 11) is 0. The molecule has 0 saturated carbocycles. The van der Waals surface area contributed by atoms with E-state index in [1.165, 1.54) is 11.1 Å². The maximum Gasteiger partial charge on any atom is 0.0558 e. The molecule has 0 spiro atoms. The fourth-order valence-corrected chi connectivity index (χ4v) is 3.36. The van der Waals surface area contributed by atoms with E-state index in [2.05, 4.69) is 65.6 Å². The molecule has 1 fully saturated rings. The molecule has 0 bridgehead atoms. The molecule has 2 heteroatoms. The largest absolute Gasteiger partial charge is 0.395 e. The summed E-state index contributed by atoms with van der Waals surface area (Å²) >= 11 is 0. The molecule has 1 heterocycles. The predicted molar refractivity (Wildman–Crippen MR) is 81.4 cm³/mol. The lowest BCUT2D eigenvalue weighted by molar-refractivity contribution is 0.146. The first-order valence-electron chi connectivity index (χ1n) is 7.36. The van der Waals surface area contributed by atoms with E-state index in [0.29, 0.717) is 12.1 Å². The molecule has 2 aromatic carbocycles. The molecule has 0 amide bonds. The van der Waals surface area contributed by atoms with Crippen LogP contribution in [0, 0.1) is 0 Å². The highest BCUT2D eigenvalue weighted by Crippen LogP contribution is 2.43. The van der Waals surface area contributed by atoms with E-state index in [9.17, 15) is 5.11 Å². The van der Waals surface area contributed by atoms with E-state index in [0.717, 1.165) is 19.4 Å². The second-order valence-electron chi connectivity index (χ2n) is 5.39. The minimum Gasteiger partial charge on any atom is -0.395 e. The van der Waals surface area contributed by atoms with Gasteiger partial charge in [0, 0.05) is 18.6 Å². The van der Waals surface area contributed by atoms with E-state index in [1.54, 1.807) is 0 Å². The molecule has 20 heavy (non-hydrogen) atoms. The lowest BCUT2D eigenvalue weighted by Gasteiger charge is -2.30. The molecule has 2 aromatic rings. The van der Waals surface area contributed by atoms with Gasteiger partial charge in [-0.1, -0.05) is 60.7 Å². The Morgan fingerprint density at radius 1 is 0.800 bits per heavy atom. The van der Waals surface area contributed by atoms with Crippen LogP contribution < -0.4 is 0 Å². The van der Waals surface area contributed by atoms with E-state index >= 15 is 0 Å². The first-order chi connectivity index (χ1) is 9.90. The predicted octanol–water partition coefficient (Wildman–Crippen LogP) is 3.56. The monoisotopic (exact) mass is 267 g/mol. The smallest absolute Gasteiger partial charge is 0.0558 e. The zero-order valence-corrected chi connectivity index (χ0v) is 11.7. The fourth-order valence-electron chi connectivity index (χ4n) is 3.36. The van der Waals surface area contributed by atoms with Crippen LogP contribution in [-0.4, -0.2) is 23.2 Å². The summed E-state index contributed by atoms with van der Waals surface area (Å²) in [5, 5.41) is 9.41. The van der Waals surface area contributed by atoms with Gasteiger partial charge in [-0.15, -0.1) is 0 Å². The number of nitrogens with zero attached hydrogens (tertiary/aromatic N) is 1. The first kappa shape index (κ1) is 13.3. The van der Waals surface area contributed by atoms with Crippen molar-refractivity contribution < 1.29 is 5.11 Å². The van der Waals surface area contributed by atoms with Gasteiger partial charge in [-0.3, -0.25) is 4.90 Å². The van der Waals surface area contributed by atoms with Gasteiger partial charge in [0.05, 0.1) is 6.61 Å². The van der Waals surface area contributed by atoms with Crippen LogP contribution in [0.5, 0.6) is 0 Å². The Balaban J connectivity index is 1.87. The highest BCUT2D eigenvalue weighted by molar-refractivity contribution is 5.25. The minimum atomic E-state index is 0.215. The van der Waals surface area contributed by atoms with Crippen molar-refractivity contribution in [3.8, 4) is 0 Å². The van der Waals surface area contributed by atoms with Crippen molar-refractivity contribution >= 4 is 0 Å². The van der Waals surface area contributed by atoms with E-state index in [-0.39, 0.29) is 6.61 Å². The Morgan fingerprint density at radius 2 is 1.25 bits per heavy atom. The zero-order valence-electron chi connectivity index (χ0n) is 11.7. The second kappa shape index (κ2) is 6.21. The third kappa shape index (κ3) is 2.62. The van der Waals surface area contributed by atoms with Crippen LogP contribution in [-0.2, 0) is 0 Å². The lowest BCUT2D eigenvalue weighted by Crippen LogP contribution is -2.29. The normalized spacial score (nSPS) is 23.1. The van der Waals surface area contributed by atoms with Crippen molar-refractivity contribution in [2.45, 2.75) is 24.9 Å². The molecule has 0 unspecified atom stereocenters. The van der Waals surface area contributed by atoms with Crippen molar-refractivity contribution in [1.82, 2.24) is 4.90 Å². The zero-order chi connectivity index (χ0) is 13.8. The van der Waals surface area contributed by atoms with Crippen LogP contribution in [0.2, 0.25) is 0 Å². The van der Waals surface area contributed by atoms with Gasteiger partial charge in [0.15, 0.2) is 0 Å². The number of likely N-dealkylation sites (tertiary alicyclic amines) is 1. The minimum absolute atomic E-state index is 0.215. The Kier molecular flexibility index (Phi) is 4.14. The van der Waals surface area contributed by atoms with Gasteiger partial charge in [0.2, 0.25) is 0 Å². The Morgan fingerprint density at radius 3 is 1.65 bits per heavy atom. The Bertz CT molecular complexity index is 478. The third-order valence-corrected chi connectivity index (χ3v) is 4.24. The average molecular weight is 267 g/mol. The van der Waals surface area contributed by atoms with Crippen LogP contribution >= 0.6 is 0 Å². The molecule has 2 atom stereocenters. The first-order valence-corrected chi connectivity index (χ1v) is 7.36. The summed E-state index contributed by atoms with van der Waals surface area (Å²) in [6.07, 6.45) is 2.31. The molecule has 104 valence electrons. The van der Waals surface area contributed by atoms with E-state index < -0.39 is 0 Å². The number of hydrogen-bond acceptors (Lipinski definition) is 2. The van der Waals surface area contributed by atoms with E-state index in [1.807, 2.05) is 0 Å². The van der Waals surface area contributed by atoms with Gasteiger partial charge in [-0.05, 0) is 24.0 Å². The molecule has 0 radical (unpaired) electrons. The van der Waals surface area contributed by atoms with Crippen LogP contribution in [0.15, 0.2) is 60.7 Å². The molecule has 1 aliphatic heterocycles. The molecule has 1 aliphatic rings. The van der Waals surface area contributed by atoms with Crippen LogP contribution in [0.25, 0.3) is 0 Å². The van der Waals surface area contributed by atoms with Gasteiger partial charge in [0.25, 0.3) is 0 Å². The van der Waals surface area contributed by atoms with Crippen molar-refractivity contribution in [2.24, 2.45) is 0 Å². The summed E-state index contributed by atoms with van der Waals surface area (Å²) in [5.41, 5.74) is 2.72. The molecular weight excluding hydrogens is 246 g/mol. The number of rotatable bonds is 4. The molecule has 1 N–H and O–H groups in total. The fraction of sp³-hybridized carbons (Fsp3) is 0.333. The number of aliphatic hydroxyl groups is 1. The van der Waals surface area contributed by atoms with Gasteiger partial charge < -0.3 is 5.11 Å². The number of benzene rings is 2. The molecular formula is C18H21NO. The summed E-state index contributed by atoms with van der Waals surface area (Å²) in [6.45, 7) is 0.950. The summed E-state index contributed by atoms with van der Waals surface area (Å²) in [6, 6.07) is 22.2. The molecule has 0 aromatic heterocycles. The average Bonchev–Trinajstić information content (AvgIpc) is 2.93. The highest BCUT2D eigenvalue weighted by Gasteiger charge is 2.34.